The number of halogens is 5. The molecular formula is C18H11ClF4O7. The molecule has 2 aromatic rings. The van der Waals surface area contributed by atoms with Crippen molar-refractivity contribution in [2.24, 2.45) is 0 Å². The number of rotatable bonds is 6. The molecule has 0 saturated carbocycles. The Bertz CT molecular complexity index is 1090. The maximum Gasteiger partial charge on any atom is 0.339 e. The van der Waals surface area contributed by atoms with Gasteiger partial charge in [-0.25, -0.2) is 22.4 Å². The average molecular weight is 451 g/mol. The zero-order valence-electron chi connectivity index (χ0n) is 14.9. The van der Waals surface area contributed by atoms with E-state index in [1.807, 2.05) is 0 Å². The smallest absolute Gasteiger partial charge is 0.339 e. The number of carbonyl (C=O) groups is 3. The highest BCUT2D eigenvalue weighted by atomic mass is 35.5. The van der Waals surface area contributed by atoms with Gasteiger partial charge in [-0.3, -0.25) is 9.59 Å². The number of ether oxygens (including phenoxy) is 1. The highest BCUT2D eigenvalue weighted by Crippen LogP contribution is 2.40. The Morgan fingerprint density at radius 1 is 0.967 bits per heavy atom. The first-order valence-corrected chi connectivity index (χ1v) is 8.25. The quantitative estimate of drug-likeness (QED) is 0.203. The molecule has 0 unspecified atom stereocenters. The van der Waals surface area contributed by atoms with E-state index in [1.54, 1.807) is 0 Å². The standard InChI is InChI=1S/C18H11ClF4O7/c1-30-7(24)3-2-5-4-6(17(27)10(19)15(5)25)16(26)8-9(18(28)29)12(21)14(23)13(22)11(8)20/h4,25,27H,2-3H2,1H3,(H,28,29). The summed E-state index contributed by atoms with van der Waals surface area (Å²) in [5.41, 5.74) is -4.71. The fourth-order valence-electron chi connectivity index (χ4n) is 2.57. The number of esters is 1. The van der Waals surface area contributed by atoms with Gasteiger partial charge < -0.3 is 20.1 Å². The molecule has 2 aromatic carbocycles. The van der Waals surface area contributed by atoms with Gasteiger partial charge in [0.25, 0.3) is 0 Å². The molecular weight excluding hydrogens is 440 g/mol. The predicted octanol–water partition coefficient (Wildman–Crippen LogP) is 3.34. The average Bonchev–Trinajstić information content (AvgIpc) is 2.71. The molecule has 0 bridgehead atoms. The van der Waals surface area contributed by atoms with Crippen molar-refractivity contribution in [1.29, 1.82) is 0 Å². The number of phenols is 2. The summed E-state index contributed by atoms with van der Waals surface area (Å²) in [5, 5.41) is 28.2. The molecule has 2 rings (SSSR count). The van der Waals surface area contributed by atoms with Gasteiger partial charge in [0.05, 0.1) is 18.2 Å². The third-order valence-corrected chi connectivity index (χ3v) is 4.43. The molecule has 0 heterocycles. The maximum absolute atomic E-state index is 14.2. The minimum atomic E-state index is -2.45. The number of aromatic hydroxyl groups is 2. The molecule has 160 valence electrons. The fourth-order valence-corrected chi connectivity index (χ4v) is 2.79. The lowest BCUT2D eigenvalue weighted by Crippen LogP contribution is -2.18. The van der Waals surface area contributed by atoms with Crippen LogP contribution < -0.4 is 0 Å². The van der Waals surface area contributed by atoms with Gasteiger partial charge in [-0.05, 0) is 18.1 Å². The summed E-state index contributed by atoms with van der Waals surface area (Å²) in [6, 6.07) is 0.714. The number of hydrogen-bond acceptors (Lipinski definition) is 6. The number of hydrogen-bond donors (Lipinski definition) is 3. The van der Waals surface area contributed by atoms with E-state index < -0.39 is 74.2 Å². The van der Waals surface area contributed by atoms with Crippen molar-refractivity contribution >= 4 is 29.3 Å². The van der Waals surface area contributed by atoms with Crippen molar-refractivity contribution in [3.63, 3.8) is 0 Å². The van der Waals surface area contributed by atoms with Crippen LogP contribution in [0.3, 0.4) is 0 Å². The number of phenolic OH excluding ortho intramolecular Hbond substituents is 2. The third-order valence-electron chi connectivity index (χ3n) is 4.07. The second-order valence-electron chi connectivity index (χ2n) is 5.81. The molecule has 0 atom stereocenters. The molecule has 0 aromatic heterocycles. The number of methoxy groups -OCH3 is 1. The minimum absolute atomic E-state index is 0.230. The first-order chi connectivity index (χ1) is 13.9. The van der Waals surface area contributed by atoms with Crippen molar-refractivity contribution in [2.45, 2.75) is 12.8 Å². The molecule has 0 spiro atoms. The molecule has 0 aliphatic heterocycles. The monoisotopic (exact) mass is 450 g/mol. The van der Waals surface area contributed by atoms with Gasteiger partial charge in [0.15, 0.2) is 23.3 Å². The molecule has 0 radical (unpaired) electrons. The summed E-state index contributed by atoms with van der Waals surface area (Å²) in [5.74, 6) is -16.2. The topological polar surface area (TPSA) is 121 Å². The van der Waals surface area contributed by atoms with Crippen molar-refractivity contribution in [2.75, 3.05) is 7.11 Å². The SMILES string of the molecule is COC(=O)CCc1cc(C(=O)c2c(F)c(F)c(F)c(F)c2C(=O)O)c(O)c(Cl)c1O. The van der Waals surface area contributed by atoms with Crippen LogP contribution in [0.25, 0.3) is 0 Å². The van der Waals surface area contributed by atoms with Gasteiger partial charge in [-0.2, -0.15) is 0 Å². The zero-order chi connectivity index (χ0) is 22.9. The molecule has 0 amide bonds. The number of ketones is 1. The summed E-state index contributed by atoms with van der Waals surface area (Å²) in [4.78, 5) is 35.2. The normalized spacial score (nSPS) is 10.7. The molecule has 3 N–H and O–H groups in total. The Labute approximate surface area is 170 Å². The summed E-state index contributed by atoms with van der Waals surface area (Å²) in [7, 11) is 1.08. The summed E-state index contributed by atoms with van der Waals surface area (Å²) >= 11 is 5.71. The van der Waals surface area contributed by atoms with E-state index in [0.29, 0.717) is 6.07 Å². The molecule has 0 saturated heterocycles. The Morgan fingerprint density at radius 2 is 1.50 bits per heavy atom. The number of carboxylic acids is 1. The number of aryl methyl sites for hydroxylation is 1. The Morgan fingerprint density at radius 3 is 2.00 bits per heavy atom. The van der Waals surface area contributed by atoms with Crippen LogP contribution >= 0.6 is 11.6 Å². The van der Waals surface area contributed by atoms with Gasteiger partial charge >= 0.3 is 11.9 Å². The second-order valence-corrected chi connectivity index (χ2v) is 6.19. The lowest BCUT2D eigenvalue weighted by atomic mass is 9.93. The van der Waals surface area contributed by atoms with E-state index in [9.17, 15) is 42.2 Å². The van der Waals surface area contributed by atoms with Crippen molar-refractivity contribution in [3.8, 4) is 11.5 Å². The van der Waals surface area contributed by atoms with Gasteiger partial charge in [0, 0.05) is 6.42 Å². The van der Waals surface area contributed by atoms with Crippen LogP contribution in [0.2, 0.25) is 5.02 Å². The highest BCUT2D eigenvalue weighted by Gasteiger charge is 2.34. The van der Waals surface area contributed by atoms with Crippen LogP contribution in [0.15, 0.2) is 6.07 Å². The van der Waals surface area contributed by atoms with E-state index in [0.717, 1.165) is 7.11 Å². The summed E-state index contributed by atoms with van der Waals surface area (Å²) in [6.45, 7) is 0. The highest BCUT2D eigenvalue weighted by molar-refractivity contribution is 6.34. The fraction of sp³-hybridized carbons (Fsp3) is 0.167. The molecule has 0 aliphatic rings. The van der Waals surface area contributed by atoms with Gasteiger partial charge in [0.2, 0.25) is 5.78 Å². The number of benzene rings is 2. The molecule has 12 heteroatoms. The second kappa shape index (κ2) is 8.57. The lowest BCUT2D eigenvalue weighted by Gasteiger charge is -2.14. The Balaban J connectivity index is 2.74. The number of aromatic carboxylic acids is 1. The largest absolute Gasteiger partial charge is 0.506 e. The van der Waals surface area contributed by atoms with Crippen LogP contribution in [0.5, 0.6) is 11.5 Å². The van der Waals surface area contributed by atoms with Crippen molar-refractivity contribution in [3.05, 3.63) is 56.6 Å². The first kappa shape index (κ1) is 22.9. The Kier molecular flexibility index (Phi) is 6.56. The van der Waals surface area contributed by atoms with Crippen LogP contribution in [-0.2, 0) is 16.0 Å². The number of carboxylic acid groups (broad SMARTS) is 1. The maximum atomic E-state index is 14.2. The summed E-state index contributed by atoms with van der Waals surface area (Å²) < 4.78 is 59.6. The van der Waals surface area contributed by atoms with Crippen LogP contribution in [-0.4, -0.2) is 40.2 Å². The number of carbonyl (C=O) groups excluding carboxylic acids is 2. The van der Waals surface area contributed by atoms with Gasteiger partial charge in [-0.1, -0.05) is 11.6 Å². The van der Waals surface area contributed by atoms with Gasteiger partial charge in [-0.15, -0.1) is 0 Å². The van der Waals surface area contributed by atoms with E-state index in [4.69, 9.17) is 16.7 Å². The van der Waals surface area contributed by atoms with Crippen molar-refractivity contribution in [1.82, 2.24) is 0 Å². The van der Waals surface area contributed by atoms with Crippen molar-refractivity contribution < 1.29 is 52.0 Å². The lowest BCUT2D eigenvalue weighted by molar-refractivity contribution is -0.140. The molecule has 0 aliphatic carbocycles. The predicted molar refractivity (Wildman–Crippen MR) is 91.8 cm³/mol. The Hall–Kier alpha value is -3.34. The van der Waals surface area contributed by atoms with E-state index in [2.05, 4.69) is 4.74 Å². The minimum Gasteiger partial charge on any atom is -0.506 e. The molecule has 7 nitrogen and oxygen atoms in total. The van der Waals surface area contributed by atoms with Gasteiger partial charge in [0.1, 0.15) is 22.1 Å². The molecule has 0 fully saturated rings. The van der Waals surface area contributed by atoms with Crippen LogP contribution in [0.4, 0.5) is 17.6 Å². The van der Waals surface area contributed by atoms with Crippen LogP contribution in [0.1, 0.15) is 38.3 Å². The van der Waals surface area contributed by atoms with E-state index in [1.165, 1.54) is 0 Å². The first-order valence-electron chi connectivity index (χ1n) is 7.87. The molecule has 30 heavy (non-hydrogen) atoms. The zero-order valence-corrected chi connectivity index (χ0v) is 15.6. The third kappa shape index (κ3) is 3.88. The summed E-state index contributed by atoms with van der Waals surface area (Å²) in [6.07, 6.45) is -0.619. The van der Waals surface area contributed by atoms with E-state index in [-0.39, 0.29) is 18.4 Å². The van der Waals surface area contributed by atoms with Crippen LogP contribution in [0, 0.1) is 23.3 Å². The van der Waals surface area contributed by atoms with E-state index >= 15 is 0 Å².